The van der Waals surface area contributed by atoms with Gasteiger partial charge in [-0.2, -0.15) is 0 Å². The highest BCUT2D eigenvalue weighted by atomic mass is 35.5. The van der Waals surface area contributed by atoms with Crippen molar-refractivity contribution in [2.75, 3.05) is 0 Å². The molecule has 28 heavy (non-hydrogen) atoms. The van der Waals surface area contributed by atoms with Crippen molar-refractivity contribution < 1.29 is 9.84 Å². The van der Waals surface area contributed by atoms with Gasteiger partial charge in [0.25, 0.3) is 0 Å². The number of aromatic nitrogens is 1. The molecule has 0 saturated carbocycles. The molecule has 136 valence electrons. The van der Waals surface area contributed by atoms with Crippen LogP contribution in [-0.2, 0) is 6.61 Å². The van der Waals surface area contributed by atoms with Crippen molar-refractivity contribution in [3.05, 3.63) is 89.4 Å². The molecule has 4 aromatic rings. The molecule has 4 heteroatoms. The minimum Gasteiger partial charge on any atom is -0.508 e. The van der Waals surface area contributed by atoms with E-state index in [9.17, 15) is 5.11 Å². The Bertz CT molecular complexity index is 1190. The fourth-order valence-corrected chi connectivity index (χ4v) is 3.70. The van der Waals surface area contributed by atoms with Gasteiger partial charge in [0.05, 0.1) is 11.4 Å². The second-order valence-corrected chi connectivity index (χ2v) is 7.16. The first-order valence-electron chi connectivity index (χ1n) is 9.00. The number of pyridine rings is 1. The fraction of sp³-hybridized carbons (Fsp3) is 0.0417. The van der Waals surface area contributed by atoms with Gasteiger partial charge in [-0.25, -0.2) is 4.98 Å². The third-order valence-corrected chi connectivity index (χ3v) is 5.19. The van der Waals surface area contributed by atoms with E-state index in [1.807, 2.05) is 66.7 Å². The van der Waals surface area contributed by atoms with Crippen LogP contribution in [0.15, 0.2) is 78.9 Å². The molecule has 2 heterocycles. The summed E-state index contributed by atoms with van der Waals surface area (Å²) in [5, 5.41) is 10.7. The number of halogens is 1. The minimum absolute atomic E-state index is 0.230. The highest BCUT2D eigenvalue weighted by Crippen LogP contribution is 2.42. The normalized spacial score (nSPS) is 12.0. The van der Waals surface area contributed by atoms with Gasteiger partial charge in [-0.1, -0.05) is 48.0 Å². The standard InChI is InChI=1S/C24H16ClNO2/c25-17-10-8-15(9-11-17)22-13-20(16-4-3-5-18(27)12-16)21-14-28-23-7-2-1-6-19(23)24(21)26-22/h1-13,27H,14H2. The molecule has 0 saturated heterocycles. The molecule has 0 bridgehead atoms. The number of rotatable bonds is 2. The summed E-state index contributed by atoms with van der Waals surface area (Å²) >= 11 is 6.06. The maximum atomic E-state index is 9.99. The Morgan fingerprint density at radius 1 is 0.821 bits per heavy atom. The average Bonchev–Trinajstić information content (AvgIpc) is 2.73. The Morgan fingerprint density at radius 3 is 2.46 bits per heavy atom. The summed E-state index contributed by atoms with van der Waals surface area (Å²) in [6.45, 7) is 0.436. The van der Waals surface area contributed by atoms with Gasteiger partial charge in [-0.15, -0.1) is 0 Å². The zero-order valence-electron chi connectivity index (χ0n) is 14.9. The quantitative estimate of drug-likeness (QED) is 0.438. The zero-order valence-corrected chi connectivity index (χ0v) is 15.6. The van der Waals surface area contributed by atoms with Crippen LogP contribution >= 0.6 is 11.6 Å². The van der Waals surface area contributed by atoms with Crippen molar-refractivity contribution in [1.82, 2.24) is 4.98 Å². The number of nitrogens with zero attached hydrogens (tertiary/aromatic N) is 1. The lowest BCUT2D eigenvalue weighted by atomic mass is 9.92. The van der Waals surface area contributed by atoms with Gasteiger partial charge in [-0.3, -0.25) is 0 Å². The van der Waals surface area contributed by atoms with E-state index in [1.165, 1.54) is 0 Å². The smallest absolute Gasteiger partial charge is 0.129 e. The summed E-state index contributed by atoms with van der Waals surface area (Å²) in [4.78, 5) is 4.98. The van der Waals surface area contributed by atoms with Crippen molar-refractivity contribution >= 4 is 11.6 Å². The van der Waals surface area contributed by atoms with Gasteiger partial charge in [0.1, 0.15) is 18.1 Å². The van der Waals surface area contributed by atoms with E-state index in [0.29, 0.717) is 11.6 Å². The lowest BCUT2D eigenvalue weighted by Crippen LogP contribution is -2.09. The topological polar surface area (TPSA) is 42.4 Å². The number of phenols is 1. The first kappa shape index (κ1) is 16.8. The SMILES string of the molecule is Oc1cccc(-c2cc(-c3ccc(Cl)cc3)nc3c2COc2ccccc2-3)c1. The summed E-state index contributed by atoms with van der Waals surface area (Å²) in [5.41, 5.74) is 6.66. The number of hydrogen-bond acceptors (Lipinski definition) is 3. The van der Waals surface area contributed by atoms with E-state index in [-0.39, 0.29) is 5.75 Å². The van der Waals surface area contributed by atoms with Crippen molar-refractivity contribution in [2.24, 2.45) is 0 Å². The second-order valence-electron chi connectivity index (χ2n) is 6.72. The molecule has 1 aromatic heterocycles. The Labute approximate surface area is 167 Å². The molecule has 0 atom stereocenters. The predicted molar refractivity (Wildman–Crippen MR) is 112 cm³/mol. The van der Waals surface area contributed by atoms with Crippen molar-refractivity contribution in [2.45, 2.75) is 6.61 Å². The molecule has 0 radical (unpaired) electrons. The highest BCUT2D eigenvalue weighted by Gasteiger charge is 2.23. The van der Waals surface area contributed by atoms with Gasteiger partial charge in [0.15, 0.2) is 0 Å². The van der Waals surface area contributed by atoms with Gasteiger partial charge >= 0.3 is 0 Å². The number of para-hydroxylation sites is 1. The number of benzene rings is 3. The van der Waals surface area contributed by atoms with Crippen LogP contribution in [0.1, 0.15) is 5.56 Å². The summed E-state index contributed by atoms with van der Waals surface area (Å²) in [5.74, 6) is 1.06. The molecule has 0 aliphatic carbocycles. The molecule has 3 aromatic carbocycles. The molecule has 1 N–H and O–H groups in total. The Morgan fingerprint density at radius 2 is 1.64 bits per heavy atom. The lowest BCUT2D eigenvalue weighted by molar-refractivity contribution is 0.302. The molecule has 3 nitrogen and oxygen atoms in total. The molecule has 0 fully saturated rings. The summed E-state index contributed by atoms with van der Waals surface area (Å²) < 4.78 is 5.98. The van der Waals surface area contributed by atoms with E-state index in [4.69, 9.17) is 21.3 Å². The number of hydrogen-bond donors (Lipinski definition) is 1. The molecule has 5 rings (SSSR count). The minimum atomic E-state index is 0.230. The number of fused-ring (bicyclic) bond motifs is 3. The molecule has 0 amide bonds. The number of aromatic hydroxyl groups is 1. The third kappa shape index (κ3) is 2.90. The first-order valence-corrected chi connectivity index (χ1v) is 9.38. The number of phenolic OH excluding ortho intramolecular Hbond substituents is 1. The fourth-order valence-electron chi connectivity index (χ4n) is 3.58. The zero-order chi connectivity index (χ0) is 19.1. The van der Waals surface area contributed by atoms with Gasteiger partial charge < -0.3 is 9.84 Å². The van der Waals surface area contributed by atoms with Crippen molar-refractivity contribution in [3.8, 4) is 45.1 Å². The summed E-state index contributed by atoms with van der Waals surface area (Å²) in [7, 11) is 0. The Kier molecular flexibility index (Phi) is 4.03. The lowest BCUT2D eigenvalue weighted by Gasteiger charge is -2.23. The van der Waals surface area contributed by atoms with Crippen LogP contribution in [0.2, 0.25) is 5.02 Å². The maximum absolute atomic E-state index is 9.99. The van der Waals surface area contributed by atoms with Crippen LogP contribution in [0.5, 0.6) is 11.5 Å². The first-order chi connectivity index (χ1) is 13.7. The van der Waals surface area contributed by atoms with Crippen molar-refractivity contribution in [3.63, 3.8) is 0 Å². The van der Waals surface area contributed by atoms with Crippen LogP contribution in [-0.4, -0.2) is 10.1 Å². The third-order valence-electron chi connectivity index (χ3n) is 4.94. The predicted octanol–water partition coefficient (Wildman–Crippen LogP) is 6.33. The van der Waals surface area contributed by atoms with Gasteiger partial charge in [0, 0.05) is 21.7 Å². The van der Waals surface area contributed by atoms with Crippen LogP contribution in [0.25, 0.3) is 33.6 Å². The highest BCUT2D eigenvalue weighted by molar-refractivity contribution is 6.30. The molecule has 0 spiro atoms. The van der Waals surface area contributed by atoms with Crippen LogP contribution in [0, 0.1) is 0 Å². The van der Waals surface area contributed by atoms with E-state index >= 15 is 0 Å². The van der Waals surface area contributed by atoms with Crippen molar-refractivity contribution in [1.29, 1.82) is 0 Å². The van der Waals surface area contributed by atoms with Gasteiger partial charge in [-0.05, 0) is 53.6 Å². The Hall–Kier alpha value is -3.30. The molecule has 1 aliphatic heterocycles. The number of ether oxygens (including phenoxy) is 1. The van der Waals surface area contributed by atoms with Crippen LogP contribution in [0.3, 0.4) is 0 Å². The van der Waals surface area contributed by atoms with Crippen LogP contribution in [0.4, 0.5) is 0 Å². The van der Waals surface area contributed by atoms with E-state index in [1.54, 1.807) is 12.1 Å². The second kappa shape index (κ2) is 6.70. The largest absolute Gasteiger partial charge is 0.508 e. The molecule has 0 unspecified atom stereocenters. The monoisotopic (exact) mass is 385 g/mol. The molecular weight excluding hydrogens is 370 g/mol. The average molecular weight is 386 g/mol. The van der Waals surface area contributed by atoms with E-state index < -0.39 is 0 Å². The molecular formula is C24H16ClNO2. The van der Waals surface area contributed by atoms with Crippen LogP contribution < -0.4 is 4.74 Å². The van der Waals surface area contributed by atoms with E-state index in [2.05, 4.69) is 0 Å². The van der Waals surface area contributed by atoms with Gasteiger partial charge in [0.2, 0.25) is 0 Å². The summed E-state index contributed by atoms with van der Waals surface area (Å²) in [6.07, 6.45) is 0. The Balaban J connectivity index is 1.79. The maximum Gasteiger partial charge on any atom is 0.129 e. The molecule has 1 aliphatic rings. The van der Waals surface area contributed by atoms with E-state index in [0.717, 1.165) is 45.0 Å². The summed E-state index contributed by atoms with van der Waals surface area (Å²) in [6, 6.07) is 24.9.